The summed E-state index contributed by atoms with van der Waals surface area (Å²) in [6.07, 6.45) is 4.40. The van der Waals surface area contributed by atoms with E-state index in [4.69, 9.17) is 4.74 Å². The Balaban J connectivity index is 1.25. The fourth-order valence-corrected chi connectivity index (χ4v) is 4.64. The Morgan fingerprint density at radius 3 is 2.81 bits per heavy atom. The lowest BCUT2D eigenvalue weighted by atomic mass is 10.1. The summed E-state index contributed by atoms with van der Waals surface area (Å²) in [6, 6.07) is 16.1. The van der Waals surface area contributed by atoms with Gasteiger partial charge >= 0.3 is 0 Å². The Labute approximate surface area is 195 Å². The summed E-state index contributed by atoms with van der Waals surface area (Å²) in [5.74, 6) is 1.08. The first kappa shape index (κ1) is 22.1. The van der Waals surface area contributed by atoms with E-state index >= 15 is 0 Å². The van der Waals surface area contributed by atoms with Crippen molar-refractivity contribution in [3.63, 3.8) is 0 Å². The lowest BCUT2D eigenvalue weighted by molar-refractivity contribution is -0.118. The monoisotopic (exact) mass is 464 g/mol. The van der Waals surface area contributed by atoms with Crippen LogP contribution in [0, 0.1) is 6.92 Å². The van der Waals surface area contributed by atoms with Crippen LogP contribution in [0.15, 0.2) is 71.5 Å². The van der Waals surface area contributed by atoms with Gasteiger partial charge in [0.25, 0.3) is 0 Å². The molecule has 4 rings (SSSR count). The van der Waals surface area contributed by atoms with Crippen molar-refractivity contribution < 1.29 is 9.53 Å². The molecule has 0 aliphatic rings. The number of imidazole rings is 1. The smallest absolute Gasteiger partial charge is 0.230 e. The van der Waals surface area contributed by atoms with E-state index in [1.807, 2.05) is 42.0 Å². The number of aryl methyl sites for hydroxylation is 1. The molecule has 0 radical (unpaired) electrons. The number of carbonyl (C=O) groups excluding carboxylic acids is 1. The predicted molar refractivity (Wildman–Crippen MR) is 130 cm³/mol. The number of carbonyl (C=O) groups is 1. The number of nitrogens with one attached hydrogen (secondary N) is 1. The number of rotatable bonds is 9. The van der Waals surface area contributed by atoms with Crippen molar-refractivity contribution in [2.45, 2.75) is 18.5 Å². The van der Waals surface area contributed by atoms with E-state index in [-0.39, 0.29) is 5.91 Å². The van der Waals surface area contributed by atoms with Gasteiger partial charge in [-0.3, -0.25) is 9.36 Å². The van der Waals surface area contributed by atoms with Crippen LogP contribution in [0.5, 0.6) is 5.75 Å². The third kappa shape index (κ3) is 5.57. The van der Waals surface area contributed by atoms with Crippen LogP contribution < -0.4 is 10.1 Å². The van der Waals surface area contributed by atoms with Crippen molar-refractivity contribution in [2.75, 3.05) is 19.4 Å². The van der Waals surface area contributed by atoms with Crippen LogP contribution in [0.25, 0.3) is 16.9 Å². The molecule has 164 valence electrons. The van der Waals surface area contributed by atoms with E-state index in [9.17, 15) is 4.79 Å². The maximum absolute atomic E-state index is 12.3. The normalized spacial score (nSPS) is 10.8. The molecule has 6 nitrogen and oxygen atoms in total. The summed E-state index contributed by atoms with van der Waals surface area (Å²) in [5.41, 5.74) is 4.25. The molecule has 0 spiro atoms. The van der Waals surface area contributed by atoms with Crippen molar-refractivity contribution in [1.29, 1.82) is 0 Å². The standard InChI is InChI=1S/C24H24N4O2S2/c1-17-27-22(15-31-17)19-8-6-18(7-9-19)10-11-25-23(29)16-32-24-26-12-13-28(24)20-4-3-5-21(14-20)30-2/h3-9,12-15H,10-11,16H2,1-2H3,(H,25,29). The molecule has 1 N–H and O–H groups in total. The average molecular weight is 465 g/mol. The van der Waals surface area contributed by atoms with Crippen LogP contribution in [0.1, 0.15) is 10.6 Å². The van der Waals surface area contributed by atoms with E-state index in [0.29, 0.717) is 12.3 Å². The molecule has 2 heterocycles. The molecule has 1 amide bonds. The molecular formula is C24H24N4O2S2. The first-order valence-electron chi connectivity index (χ1n) is 10.2. The number of benzene rings is 2. The van der Waals surface area contributed by atoms with Crippen molar-refractivity contribution in [3.8, 4) is 22.7 Å². The van der Waals surface area contributed by atoms with Gasteiger partial charge in [-0.05, 0) is 31.0 Å². The number of hydrogen-bond donors (Lipinski definition) is 1. The van der Waals surface area contributed by atoms with Crippen LogP contribution in [-0.2, 0) is 11.2 Å². The van der Waals surface area contributed by atoms with Gasteiger partial charge in [0.15, 0.2) is 5.16 Å². The molecule has 0 bridgehead atoms. The zero-order valence-corrected chi connectivity index (χ0v) is 19.6. The molecule has 0 unspecified atom stereocenters. The van der Waals surface area contributed by atoms with Crippen molar-refractivity contribution in [1.82, 2.24) is 19.9 Å². The third-order valence-corrected chi connectivity index (χ3v) is 6.62. The zero-order valence-electron chi connectivity index (χ0n) is 17.9. The second kappa shape index (κ2) is 10.5. The predicted octanol–water partition coefficient (Wildman–Crippen LogP) is 4.76. The number of hydrogen-bond acceptors (Lipinski definition) is 6. The number of thiazole rings is 1. The van der Waals surface area contributed by atoms with Gasteiger partial charge in [-0.1, -0.05) is 42.1 Å². The second-order valence-corrected chi connectivity index (χ2v) is 9.12. The van der Waals surface area contributed by atoms with Gasteiger partial charge in [-0.15, -0.1) is 11.3 Å². The second-order valence-electron chi connectivity index (χ2n) is 7.12. The van der Waals surface area contributed by atoms with Crippen LogP contribution in [0.4, 0.5) is 0 Å². The summed E-state index contributed by atoms with van der Waals surface area (Å²) in [4.78, 5) is 21.2. The summed E-state index contributed by atoms with van der Waals surface area (Å²) >= 11 is 3.06. The first-order chi connectivity index (χ1) is 15.6. The molecule has 0 fully saturated rings. The SMILES string of the molecule is COc1cccc(-n2ccnc2SCC(=O)NCCc2ccc(-c3csc(C)n3)cc2)c1. The Bertz CT molecular complexity index is 1180. The van der Waals surface area contributed by atoms with Gasteiger partial charge in [0.05, 0.1) is 29.3 Å². The number of methoxy groups -OCH3 is 1. The first-order valence-corrected chi connectivity index (χ1v) is 12.1. The van der Waals surface area contributed by atoms with Crippen molar-refractivity contribution in [3.05, 3.63) is 76.9 Å². The summed E-state index contributed by atoms with van der Waals surface area (Å²) in [7, 11) is 1.64. The molecule has 0 atom stereocenters. The highest BCUT2D eigenvalue weighted by Gasteiger charge is 2.10. The summed E-state index contributed by atoms with van der Waals surface area (Å²) in [5, 5.41) is 6.89. The van der Waals surface area contributed by atoms with Gasteiger partial charge in [0.1, 0.15) is 5.75 Å². The van der Waals surface area contributed by atoms with Crippen molar-refractivity contribution in [2.24, 2.45) is 0 Å². The fraction of sp³-hybridized carbons (Fsp3) is 0.208. The zero-order chi connectivity index (χ0) is 22.3. The number of nitrogens with zero attached hydrogens (tertiary/aromatic N) is 3. The molecule has 2 aromatic carbocycles. The Kier molecular flexibility index (Phi) is 7.24. The van der Waals surface area contributed by atoms with Crippen LogP contribution >= 0.6 is 23.1 Å². The van der Waals surface area contributed by atoms with Gasteiger partial charge in [0.2, 0.25) is 5.91 Å². The minimum absolute atomic E-state index is 0.00948. The molecule has 0 saturated heterocycles. The van der Waals surface area contributed by atoms with Crippen LogP contribution in [0.3, 0.4) is 0 Å². The highest BCUT2D eigenvalue weighted by atomic mass is 32.2. The van der Waals surface area contributed by atoms with Crippen LogP contribution in [-0.4, -0.2) is 39.8 Å². The maximum Gasteiger partial charge on any atom is 0.230 e. The summed E-state index contributed by atoms with van der Waals surface area (Å²) < 4.78 is 7.24. The Morgan fingerprint density at radius 1 is 1.22 bits per heavy atom. The lowest BCUT2D eigenvalue weighted by Gasteiger charge is -2.09. The van der Waals surface area contributed by atoms with Crippen molar-refractivity contribution >= 4 is 29.0 Å². The average Bonchev–Trinajstić information content (AvgIpc) is 3.47. The highest BCUT2D eigenvalue weighted by molar-refractivity contribution is 7.99. The van der Waals surface area contributed by atoms with Gasteiger partial charge in [0, 0.05) is 35.9 Å². The quantitative estimate of drug-likeness (QED) is 0.362. The van der Waals surface area contributed by atoms with E-state index in [0.717, 1.165) is 39.3 Å². The Morgan fingerprint density at radius 2 is 2.06 bits per heavy atom. The topological polar surface area (TPSA) is 69.0 Å². The third-order valence-electron chi connectivity index (χ3n) is 4.88. The molecule has 0 aliphatic heterocycles. The maximum atomic E-state index is 12.3. The molecule has 0 saturated carbocycles. The Hall–Kier alpha value is -3.10. The van der Waals surface area contributed by atoms with Gasteiger partial charge in [-0.25, -0.2) is 9.97 Å². The number of aromatic nitrogens is 3. The summed E-state index contributed by atoms with van der Waals surface area (Å²) in [6.45, 7) is 2.61. The van der Waals surface area contributed by atoms with Gasteiger partial charge in [-0.2, -0.15) is 0 Å². The number of ether oxygens (including phenoxy) is 1. The number of thioether (sulfide) groups is 1. The largest absolute Gasteiger partial charge is 0.497 e. The highest BCUT2D eigenvalue weighted by Crippen LogP contribution is 2.23. The van der Waals surface area contributed by atoms with Crippen LogP contribution in [0.2, 0.25) is 0 Å². The molecule has 8 heteroatoms. The minimum atomic E-state index is -0.00948. The van der Waals surface area contributed by atoms with E-state index in [2.05, 4.69) is 44.9 Å². The molecule has 4 aromatic rings. The minimum Gasteiger partial charge on any atom is -0.497 e. The molecule has 0 aliphatic carbocycles. The van der Waals surface area contributed by atoms with E-state index in [1.54, 1.807) is 24.6 Å². The fourth-order valence-electron chi connectivity index (χ4n) is 3.22. The van der Waals surface area contributed by atoms with E-state index in [1.165, 1.54) is 17.3 Å². The molecular weight excluding hydrogens is 440 g/mol. The molecule has 2 aromatic heterocycles. The van der Waals surface area contributed by atoms with Gasteiger partial charge < -0.3 is 10.1 Å². The lowest BCUT2D eigenvalue weighted by Crippen LogP contribution is -2.27. The van der Waals surface area contributed by atoms with E-state index < -0.39 is 0 Å². The number of amides is 1. The molecule has 32 heavy (non-hydrogen) atoms.